The molecule has 0 unspecified atom stereocenters. The van der Waals surface area contributed by atoms with E-state index in [4.69, 9.17) is 0 Å². The number of rotatable bonds is 0. The molecule has 0 radical (unpaired) electrons. The van der Waals surface area contributed by atoms with Gasteiger partial charge in [-0.3, -0.25) is 4.79 Å². The van der Waals surface area contributed by atoms with Crippen LogP contribution in [0.25, 0.3) is 10.9 Å². The topological polar surface area (TPSA) is 44.9 Å². The molecule has 0 aliphatic carbocycles. The highest BCUT2D eigenvalue weighted by molar-refractivity contribution is 6.08. The van der Waals surface area contributed by atoms with Gasteiger partial charge in [0, 0.05) is 18.1 Å². The number of carbonyl (C=O) groups excluding carboxylic acids is 1. The minimum atomic E-state index is 0.0306. The first kappa shape index (κ1) is 6.71. The Bertz CT molecular complexity index is 499. The number of nitrogens with one attached hydrogen (secondary N) is 2. The lowest BCUT2D eigenvalue weighted by Gasteiger charge is -1.96. The molecule has 0 saturated heterocycles. The molecule has 2 aromatic rings. The van der Waals surface area contributed by atoms with E-state index in [0.717, 1.165) is 22.0 Å². The van der Waals surface area contributed by atoms with Crippen LogP contribution >= 0.6 is 0 Å². The summed E-state index contributed by atoms with van der Waals surface area (Å²) in [7, 11) is 0. The van der Waals surface area contributed by atoms with E-state index in [-0.39, 0.29) is 5.91 Å². The smallest absolute Gasteiger partial charge is 0.254 e. The van der Waals surface area contributed by atoms with Crippen LogP contribution in [0.2, 0.25) is 0 Å². The quantitative estimate of drug-likeness (QED) is 0.620. The van der Waals surface area contributed by atoms with E-state index in [1.165, 1.54) is 0 Å². The fourth-order valence-corrected chi connectivity index (χ4v) is 1.84. The second-order valence-electron chi connectivity index (χ2n) is 3.22. The Kier molecular flexibility index (Phi) is 1.10. The SMILES string of the molecule is O=C1NCc2ccc3cc[nH]c3c21. The molecule has 0 atom stereocenters. The third kappa shape index (κ3) is 0.758. The Hall–Kier alpha value is -1.77. The lowest BCUT2D eigenvalue weighted by Crippen LogP contribution is -2.12. The Morgan fingerprint density at radius 3 is 3.08 bits per heavy atom. The van der Waals surface area contributed by atoms with Gasteiger partial charge in [-0.05, 0) is 11.6 Å². The number of aromatic nitrogens is 1. The number of amides is 1. The molecule has 1 aliphatic heterocycles. The van der Waals surface area contributed by atoms with Crippen molar-refractivity contribution in [2.24, 2.45) is 0 Å². The van der Waals surface area contributed by atoms with Crippen LogP contribution in [0.15, 0.2) is 24.4 Å². The highest BCUT2D eigenvalue weighted by Gasteiger charge is 2.21. The molecule has 64 valence electrons. The highest BCUT2D eigenvalue weighted by atomic mass is 16.1. The average molecular weight is 172 g/mol. The number of aromatic amines is 1. The van der Waals surface area contributed by atoms with Gasteiger partial charge >= 0.3 is 0 Å². The molecule has 0 bridgehead atoms. The van der Waals surface area contributed by atoms with Crippen LogP contribution in [0.4, 0.5) is 0 Å². The Balaban J connectivity index is 2.49. The van der Waals surface area contributed by atoms with Crippen LogP contribution in [0.5, 0.6) is 0 Å². The van der Waals surface area contributed by atoms with Crippen LogP contribution < -0.4 is 5.32 Å². The number of hydrogen-bond acceptors (Lipinski definition) is 1. The van der Waals surface area contributed by atoms with Gasteiger partial charge in [0.1, 0.15) is 0 Å². The summed E-state index contributed by atoms with van der Waals surface area (Å²) in [5.41, 5.74) is 2.84. The van der Waals surface area contributed by atoms with Gasteiger partial charge in [0.15, 0.2) is 0 Å². The summed E-state index contributed by atoms with van der Waals surface area (Å²) >= 11 is 0. The third-order valence-electron chi connectivity index (χ3n) is 2.48. The van der Waals surface area contributed by atoms with Gasteiger partial charge in [0.2, 0.25) is 0 Å². The van der Waals surface area contributed by atoms with Crippen LogP contribution in [-0.4, -0.2) is 10.9 Å². The van der Waals surface area contributed by atoms with Crippen LogP contribution in [0.1, 0.15) is 15.9 Å². The van der Waals surface area contributed by atoms with Gasteiger partial charge in [0.25, 0.3) is 5.91 Å². The molecule has 1 amide bonds. The van der Waals surface area contributed by atoms with Crippen molar-refractivity contribution in [3.8, 4) is 0 Å². The number of fused-ring (bicyclic) bond motifs is 3. The lowest BCUT2D eigenvalue weighted by molar-refractivity contribution is 0.0967. The Morgan fingerprint density at radius 1 is 1.23 bits per heavy atom. The van der Waals surface area contributed by atoms with E-state index >= 15 is 0 Å². The van der Waals surface area contributed by atoms with Crippen LogP contribution in [0, 0.1) is 0 Å². The monoisotopic (exact) mass is 172 g/mol. The normalized spacial score (nSPS) is 14.6. The molecule has 1 aliphatic rings. The molecule has 2 N–H and O–H groups in total. The summed E-state index contributed by atoms with van der Waals surface area (Å²) in [6, 6.07) is 6.01. The van der Waals surface area contributed by atoms with Crippen molar-refractivity contribution in [2.45, 2.75) is 6.54 Å². The molecular weight excluding hydrogens is 164 g/mol. The van der Waals surface area contributed by atoms with Gasteiger partial charge < -0.3 is 10.3 Å². The second kappa shape index (κ2) is 2.13. The Labute approximate surface area is 74.8 Å². The first-order chi connectivity index (χ1) is 6.36. The summed E-state index contributed by atoms with van der Waals surface area (Å²) in [6.45, 7) is 0.656. The lowest BCUT2D eigenvalue weighted by atomic mass is 10.1. The van der Waals surface area contributed by atoms with Crippen molar-refractivity contribution in [1.82, 2.24) is 10.3 Å². The van der Waals surface area contributed by atoms with Crippen molar-refractivity contribution in [2.75, 3.05) is 0 Å². The summed E-state index contributed by atoms with van der Waals surface area (Å²) < 4.78 is 0. The average Bonchev–Trinajstić information content (AvgIpc) is 2.70. The maximum Gasteiger partial charge on any atom is 0.254 e. The molecule has 3 rings (SSSR count). The molecule has 1 aromatic carbocycles. The predicted octanol–water partition coefficient (Wildman–Crippen LogP) is 1.41. The molecule has 0 saturated carbocycles. The standard InChI is InChI=1S/C10H8N2O/c13-10-8-7(5-12-10)2-1-6-3-4-11-9(6)8/h1-4,11H,5H2,(H,12,13). The predicted molar refractivity (Wildman–Crippen MR) is 49.5 cm³/mol. The van der Waals surface area contributed by atoms with Crippen molar-refractivity contribution in [3.05, 3.63) is 35.5 Å². The van der Waals surface area contributed by atoms with Crippen molar-refractivity contribution in [3.63, 3.8) is 0 Å². The van der Waals surface area contributed by atoms with Crippen LogP contribution in [-0.2, 0) is 6.54 Å². The van der Waals surface area contributed by atoms with Crippen molar-refractivity contribution in [1.29, 1.82) is 0 Å². The molecule has 13 heavy (non-hydrogen) atoms. The zero-order valence-corrected chi connectivity index (χ0v) is 6.92. The van der Waals surface area contributed by atoms with E-state index in [9.17, 15) is 4.79 Å². The third-order valence-corrected chi connectivity index (χ3v) is 2.48. The molecular formula is C10H8N2O. The molecule has 3 heteroatoms. The zero-order valence-electron chi connectivity index (χ0n) is 6.92. The summed E-state index contributed by atoms with van der Waals surface area (Å²) in [6.07, 6.45) is 1.86. The molecule has 3 nitrogen and oxygen atoms in total. The maximum atomic E-state index is 11.4. The number of hydrogen-bond donors (Lipinski definition) is 2. The van der Waals surface area contributed by atoms with E-state index in [0.29, 0.717) is 6.54 Å². The largest absolute Gasteiger partial charge is 0.361 e. The van der Waals surface area contributed by atoms with Gasteiger partial charge in [-0.15, -0.1) is 0 Å². The summed E-state index contributed by atoms with van der Waals surface area (Å²) in [4.78, 5) is 14.5. The number of H-pyrrole nitrogens is 1. The summed E-state index contributed by atoms with van der Waals surface area (Å²) in [5, 5.41) is 3.90. The molecule has 0 spiro atoms. The maximum absolute atomic E-state index is 11.4. The van der Waals surface area contributed by atoms with Crippen molar-refractivity contribution < 1.29 is 4.79 Å². The number of carbonyl (C=O) groups is 1. The van der Waals surface area contributed by atoms with Gasteiger partial charge in [-0.2, -0.15) is 0 Å². The molecule has 0 fully saturated rings. The first-order valence-corrected chi connectivity index (χ1v) is 4.23. The van der Waals surface area contributed by atoms with E-state index in [1.807, 2.05) is 24.4 Å². The van der Waals surface area contributed by atoms with Gasteiger partial charge in [0.05, 0.1) is 11.1 Å². The van der Waals surface area contributed by atoms with Gasteiger partial charge in [-0.1, -0.05) is 12.1 Å². The minimum Gasteiger partial charge on any atom is -0.361 e. The number of benzene rings is 1. The molecule has 1 aromatic heterocycles. The Morgan fingerprint density at radius 2 is 2.15 bits per heavy atom. The molecule has 2 heterocycles. The fourth-order valence-electron chi connectivity index (χ4n) is 1.84. The van der Waals surface area contributed by atoms with Gasteiger partial charge in [-0.25, -0.2) is 0 Å². The van der Waals surface area contributed by atoms with Crippen LogP contribution in [0.3, 0.4) is 0 Å². The highest BCUT2D eigenvalue weighted by Crippen LogP contribution is 2.24. The van der Waals surface area contributed by atoms with E-state index in [2.05, 4.69) is 10.3 Å². The minimum absolute atomic E-state index is 0.0306. The second-order valence-corrected chi connectivity index (χ2v) is 3.22. The summed E-state index contributed by atoms with van der Waals surface area (Å²) in [5.74, 6) is 0.0306. The van der Waals surface area contributed by atoms with E-state index in [1.54, 1.807) is 0 Å². The zero-order chi connectivity index (χ0) is 8.84. The fraction of sp³-hybridized carbons (Fsp3) is 0.100. The van der Waals surface area contributed by atoms with E-state index < -0.39 is 0 Å². The first-order valence-electron chi connectivity index (χ1n) is 4.23. The van der Waals surface area contributed by atoms with Crippen molar-refractivity contribution >= 4 is 16.8 Å².